The minimum atomic E-state index is -0.305. The second-order valence-electron chi connectivity index (χ2n) is 8.28. The lowest BCUT2D eigenvalue weighted by molar-refractivity contribution is 0.0633. The number of H-pyrrole nitrogens is 1. The fraction of sp³-hybridized carbons (Fsp3) is 0.292. The van der Waals surface area contributed by atoms with Crippen molar-refractivity contribution in [2.75, 3.05) is 13.1 Å². The lowest BCUT2D eigenvalue weighted by atomic mass is 9.77. The molecule has 7 nitrogen and oxygen atoms in total. The number of likely N-dealkylation sites (tertiary alicyclic amines) is 1. The van der Waals surface area contributed by atoms with Gasteiger partial charge in [0.2, 0.25) is 0 Å². The second-order valence-corrected chi connectivity index (χ2v) is 8.28. The Hall–Kier alpha value is -3.79. The maximum absolute atomic E-state index is 13.2. The van der Waals surface area contributed by atoms with Crippen LogP contribution in [0.25, 0.3) is 11.4 Å². The summed E-state index contributed by atoms with van der Waals surface area (Å²) in [5, 5.41) is 8.99. The van der Waals surface area contributed by atoms with E-state index in [1.54, 1.807) is 36.7 Å². The molecule has 3 aromatic rings. The van der Waals surface area contributed by atoms with Crippen LogP contribution in [0.2, 0.25) is 0 Å². The number of hydrogen-bond donors (Lipinski definition) is 1. The van der Waals surface area contributed by atoms with Gasteiger partial charge in [0.25, 0.3) is 11.5 Å². The Kier molecular flexibility index (Phi) is 4.63. The van der Waals surface area contributed by atoms with Gasteiger partial charge >= 0.3 is 0 Å². The topological polar surface area (TPSA) is 103 Å². The summed E-state index contributed by atoms with van der Waals surface area (Å²) in [6.07, 6.45) is 6.62. The summed E-state index contributed by atoms with van der Waals surface area (Å²) in [7, 11) is 0. The summed E-state index contributed by atoms with van der Waals surface area (Å²) in [5.41, 5.74) is 3.03. The number of aromatic nitrogens is 3. The van der Waals surface area contributed by atoms with E-state index in [-0.39, 0.29) is 16.9 Å². The highest BCUT2D eigenvalue weighted by Gasteiger charge is 2.45. The van der Waals surface area contributed by atoms with Gasteiger partial charge in [0, 0.05) is 47.6 Å². The number of nitriles is 1. The molecule has 154 valence electrons. The van der Waals surface area contributed by atoms with Crippen molar-refractivity contribution >= 4 is 5.91 Å². The van der Waals surface area contributed by atoms with E-state index in [0.29, 0.717) is 36.5 Å². The Balaban J connectivity index is 1.49. The predicted molar refractivity (Wildman–Crippen MR) is 114 cm³/mol. The van der Waals surface area contributed by atoms with Gasteiger partial charge < -0.3 is 9.88 Å². The van der Waals surface area contributed by atoms with Crippen molar-refractivity contribution in [1.82, 2.24) is 19.9 Å². The lowest BCUT2D eigenvalue weighted by Crippen LogP contribution is -2.48. The third-order valence-corrected chi connectivity index (χ3v) is 6.43. The zero-order chi connectivity index (χ0) is 21.4. The standard InChI is InChI=1S/C24H21N5O2/c25-13-16-4-6-17(7-5-16)23(31)29-12-2-9-24(15-29)10-8-19-20(24)27-21(28-22(19)30)18-3-1-11-26-14-18/h1,3-7,11,14H,2,8-10,12,15H2,(H,27,28,30). The molecule has 1 fully saturated rings. The van der Waals surface area contributed by atoms with Gasteiger partial charge in [-0.2, -0.15) is 5.26 Å². The molecule has 1 atom stereocenters. The Morgan fingerprint density at radius 2 is 2.03 bits per heavy atom. The molecule has 3 heterocycles. The number of aromatic amines is 1. The largest absolute Gasteiger partial charge is 0.338 e. The Morgan fingerprint density at radius 3 is 2.77 bits per heavy atom. The molecule has 1 N–H and O–H groups in total. The molecule has 5 rings (SSSR count). The molecule has 1 aliphatic carbocycles. The SMILES string of the molecule is N#Cc1ccc(C(=O)N2CCCC3(CCc4c3nc(-c3cccnc3)[nH]c4=O)C2)cc1. The first kappa shape index (κ1) is 19.2. The van der Waals surface area contributed by atoms with Crippen molar-refractivity contribution in [3.05, 3.63) is 81.5 Å². The first-order valence-electron chi connectivity index (χ1n) is 10.4. The van der Waals surface area contributed by atoms with Crippen molar-refractivity contribution in [1.29, 1.82) is 5.26 Å². The maximum atomic E-state index is 13.2. The Bertz CT molecular complexity index is 1240. The number of carbonyl (C=O) groups is 1. The number of piperidine rings is 1. The summed E-state index contributed by atoms with van der Waals surface area (Å²) in [4.78, 5) is 39.7. The first-order valence-corrected chi connectivity index (χ1v) is 10.4. The van der Waals surface area contributed by atoms with Crippen LogP contribution in [0.1, 0.15) is 46.4 Å². The lowest BCUT2D eigenvalue weighted by Gasteiger charge is -2.40. The number of fused-ring (bicyclic) bond motifs is 2. The van der Waals surface area contributed by atoms with Crippen molar-refractivity contribution in [3.63, 3.8) is 0 Å². The molecular weight excluding hydrogens is 390 g/mol. The molecule has 1 spiro atoms. The van der Waals surface area contributed by atoms with E-state index in [2.05, 4.69) is 16.0 Å². The van der Waals surface area contributed by atoms with E-state index in [1.165, 1.54) is 0 Å². The molecule has 1 amide bonds. The van der Waals surface area contributed by atoms with Crippen molar-refractivity contribution in [2.24, 2.45) is 0 Å². The highest BCUT2D eigenvalue weighted by molar-refractivity contribution is 5.94. The summed E-state index contributed by atoms with van der Waals surface area (Å²) < 4.78 is 0. The number of pyridine rings is 1. The Labute approximate surface area is 179 Å². The number of rotatable bonds is 2. The van der Waals surface area contributed by atoms with Crippen LogP contribution in [-0.4, -0.2) is 38.8 Å². The van der Waals surface area contributed by atoms with E-state index >= 15 is 0 Å². The summed E-state index contributed by atoms with van der Waals surface area (Å²) in [6.45, 7) is 1.22. The third kappa shape index (κ3) is 3.30. The van der Waals surface area contributed by atoms with E-state index in [1.807, 2.05) is 17.0 Å². The molecule has 31 heavy (non-hydrogen) atoms. The minimum Gasteiger partial charge on any atom is -0.338 e. The summed E-state index contributed by atoms with van der Waals surface area (Å²) in [5.74, 6) is 0.475. The van der Waals surface area contributed by atoms with Gasteiger partial charge in [-0.1, -0.05) is 0 Å². The molecule has 0 bridgehead atoms. The average Bonchev–Trinajstić information content (AvgIpc) is 3.17. The molecule has 2 aromatic heterocycles. The van der Waals surface area contributed by atoms with Crippen LogP contribution in [0.15, 0.2) is 53.6 Å². The molecule has 0 saturated carbocycles. The molecule has 1 aliphatic heterocycles. The highest BCUT2D eigenvalue weighted by atomic mass is 16.2. The maximum Gasteiger partial charge on any atom is 0.254 e. The number of hydrogen-bond acceptors (Lipinski definition) is 5. The second kappa shape index (κ2) is 7.47. The van der Waals surface area contributed by atoms with Gasteiger partial charge in [0.05, 0.1) is 17.3 Å². The molecule has 2 aliphatic rings. The smallest absolute Gasteiger partial charge is 0.254 e. The molecule has 1 unspecified atom stereocenters. The summed E-state index contributed by atoms with van der Waals surface area (Å²) >= 11 is 0. The quantitative estimate of drug-likeness (QED) is 0.698. The molecule has 7 heteroatoms. The number of nitrogens with one attached hydrogen (secondary N) is 1. The predicted octanol–water partition coefficient (Wildman–Crippen LogP) is 2.82. The van der Waals surface area contributed by atoms with Crippen LogP contribution in [0, 0.1) is 11.3 Å². The third-order valence-electron chi connectivity index (χ3n) is 6.43. The zero-order valence-electron chi connectivity index (χ0n) is 17.0. The molecule has 1 aromatic carbocycles. The van der Waals surface area contributed by atoms with E-state index < -0.39 is 0 Å². The molecular formula is C24H21N5O2. The van der Waals surface area contributed by atoms with Gasteiger partial charge in [0.1, 0.15) is 5.82 Å². The van der Waals surface area contributed by atoms with Gasteiger partial charge in [-0.3, -0.25) is 14.6 Å². The number of nitrogens with zero attached hydrogens (tertiary/aromatic N) is 4. The van der Waals surface area contributed by atoms with E-state index in [4.69, 9.17) is 10.2 Å². The van der Waals surface area contributed by atoms with Gasteiger partial charge in [-0.15, -0.1) is 0 Å². The van der Waals surface area contributed by atoms with E-state index in [9.17, 15) is 9.59 Å². The van der Waals surface area contributed by atoms with Gasteiger partial charge in [-0.25, -0.2) is 4.98 Å². The Morgan fingerprint density at radius 1 is 1.19 bits per heavy atom. The van der Waals surface area contributed by atoms with E-state index in [0.717, 1.165) is 36.1 Å². The first-order chi connectivity index (χ1) is 15.1. The molecule has 1 saturated heterocycles. The van der Waals surface area contributed by atoms with Crippen LogP contribution in [-0.2, 0) is 11.8 Å². The van der Waals surface area contributed by atoms with Gasteiger partial charge in [0.15, 0.2) is 0 Å². The van der Waals surface area contributed by atoms with Crippen molar-refractivity contribution in [2.45, 2.75) is 31.1 Å². The van der Waals surface area contributed by atoms with Crippen molar-refractivity contribution < 1.29 is 4.79 Å². The fourth-order valence-electron chi connectivity index (χ4n) is 4.86. The fourth-order valence-corrected chi connectivity index (χ4v) is 4.86. The number of amides is 1. The highest BCUT2D eigenvalue weighted by Crippen LogP contribution is 2.43. The van der Waals surface area contributed by atoms with Gasteiger partial charge in [-0.05, 0) is 62.1 Å². The average molecular weight is 411 g/mol. The number of carbonyl (C=O) groups excluding carboxylic acids is 1. The van der Waals surface area contributed by atoms with Crippen LogP contribution in [0.3, 0.4) is 0 Å². The number of benzene rings is 1. The molecule has 0 radical (unpaired) electrons. The summed E-state index contributed by atoms with van der Waals surface area (Å²) in [6, 6.07) is 12.5. The van der Waals surface area contributed by atoms with Crippen molar-refractivity contribution in [3.8, 4) is 17.5 Å². The normalized spacial score (nSPS) is 19.8. The van der Waals surface area contributed by atoms with Crippen LogP contribution in [0.4, 0.5) is 0 Å². The van der Waals surface area contributed by atoms with Crippen LogP contribution in [0.5, 0.6) is 0 Å². The zero-order valence-corrected chi connectivity index (χ0v) is 17.0. The minimum absolute atomic E-state index is 0.0469. The monoisotopic (exact) mass is 411 g/mol. The van der Waals surface area contributed by atoms with Crippen LogP contribution < -0.4 is 5.56 Å². The van der Waals surface area contributed by atoms with Crippen LogP contribution >= 0.6 is 0 Å².